The van der Waals surface area contributed by atoms with Crippen molar-refractivity contribution in [1.82, 2.24) is 20.1 Å². The summed E-state index contributed by atoms with van der Waals surface area (Å²) in [6.07, 6.45) is 4.31. The molecule has 0 radical (unpaired) electrons. The smallest absolute Gasteiger partial charge is 0.318 e. The number of amides is 2. The molecular weight excluding hydrogens is 284 g/mol. The maximum absolute atomic E-state index is 12.5. The van der Waals surface area contributed by atoms with Gasteiger partial charge in [-0.3, -0.25) is 0 Å². The lowest BCUT2D eigenvalue weighted by Crippen LogP contribution is -2.52. The molecule has 1 N–H and O–H groups in total. The first kappa shape index (κ1) is 14.8. The lowest BCUT2D eigenvalue weighted by Gasteiger charge is -2.34. The number of thiazole rings is 1. The van der Waals surface area contributed by atoms with Crippen molar-refractivity contribution in [3.05, 3.63) is 16.1 Å². The van der Waals surface area contributed by atoms with E-state index in [0.29, 0.717) is 5.92 Å². The SMILES string of the molecule is CCN1CCN(C(=O)NC(c2ncc(C)s2)C2CC2)CC1. The van der Waals surface area contributed by atoms with Gasteiger partial charge in [-0.15, -0.1) is 11.3 Å². The van der Waals surface area contributed by atoms with Crippen molar-refractivity contribution in [1.29, 1.82) is 0 Å². The third kappa shape index (κ3) is 3.55. The molecule has 1 atom stereocenters. The molecule has 1 aromatic heterocycles. The van der Waals surface area contributed by atoms with Gasteiger partial charge >= 0.3 is 6.03 Å². The Labute approximate surface area is 130 Å². The maximum atomic E-state index is 12.5. The number of urea groups is 1. The minimum absolute atomic E-state index is 0.0792. The van der Waals surface area contributed by atoms with Crippen LogP contribution in [0.4, 0.5) is 4.79 Å². The van der Waals surface area contributed by atoms with Gasteiger partial charge in [0, 0.05) is 37.3 Å². The molecule has 2 amide bonds. The van der Waals surface area contributed by atoms with Gasteiger partial charge in [0.25, 0.3) is 0 Å². The van der Waals surface area contributed by atoms with E-state index >= 15 is 0 Å². The largest absolute Gasteiger partial charge is 0.328 e. The number of carbonyl (C=O) groups excluding carboxylic acids is 1. The number of aryl methyl sites for hydroxylation is 1. The highest BCUT2D eigenvalue weighted by Crippen LogP contribution is 2.42. The molecule has 1 saturated carbocycles. The fraction of sp³-hybridized carbons (Fsp3) is 0.733. The van der Waals surface area contributed by atoms with Crippen LogP contribution in [0.15, 0.2) is 6.20 Å². The van der Waals surface area contributed by atoms with Crippen molar-refractivity contribution < 1.29 is 4.79 Å². The predicted octanol–water partition coefficient (Wildman–Crippen LogP) is 2.25. The Morgan fingerprint density at radius 1 is 1.43 bits per heavy atom. The number of likely N-dealkylation sites (N-methyl/N-ethyl adjacent to an activating group) is 1. The van der Waals surface area contributed by atoms with Crippen molar-refractivity contribution in [3.8, 4) is 0 Å². The molecule has 1 aliphatic carbocycles. The van der Waals surface area contributed by atoms with Crippen LogP contribution >= 0.6 is 11.3 Å². The Kier molecular flexibility index (Phi) is 4.45. The summed E-state index contributed by atoms with van der Waals surface area (Å²) in [5, 5.41) is 4.29. The van der Waals surface area contributed by atoms with E-state index in [4.69, 9.17) is 0 Å². The molecule has 0 bridgehead atoms. The predicted molar refractivity (Wildman–Crippen MR) is 84.5 cm³/mol. The summed E-state index contributed by atoms with van der Waals surface area (Å²) < 4.78 is 0. The fourth-order valence-corrected chi connectivity index (χ4v) is 3.74. The van der Waals surface area contributed by atoms with Crippen LogP contribution in [0, 0.1) is 12.8 Å². The minimum Gasteiger partial charge on any atom is -0.328 e. The zero-order valence-corrected chi connectivity index (χ0v) is 13.7. The molecule has 0 aromatic carbocycles. The van der Waals surface area contributed by atoms with Crippen molar-refractivity contribution >= 4 is 17.4 Å². The van der Waals surface area contributed by atoms with E-state index in [9.17, 15) is 4.79 Å². The molecule has 21 heavy (non-hydrogen) atoms. The molecule has 2 aliphatic rings. The monoisotopic (exact) mass is 308 g/mol. The summed E-state index contributed by atoms with van der Waals surface area (Å²) in [7, 11) is 0. The minimum atomic E-state index is 0.0792. The third-order valence-corrected chi connectivity index (χ3v) is 5.38. The lowest BCUT2D eigenvalue weighted by molar-refractivity contribution is 0.140. The van der Waals surface area contributed by atoms with Gasteiger partial charge < -0.3 is 15.1 Å². The Hall–Kier alpha value is -1.14. The van der Waals surface area contributed by atoms with Crippen LogP contribution < -0.4 is 5.32 Å². The Morgan fingerprint density at radius 3 is 2.67 bits per heavy atom. The summed E-state index contributed by atoms with van der Waals surface area (Å²) in [5.41, 5.74) is 0. The zero-order chi connectivity index (χ0) is 14.8. The van der Waals surface area contributed by atoms with Gasteiger partial charge in [-0.05, 0) is 32.2 Å². The second kappa shape index (κ2) is 6.32. The third-order valence-electron chi connectivity index (χ3n) is 4.38. The molecule has 5 nitrogen and oxygen atoms in total. The first-order chi connectivity index (χ1) is 10.2. The summed E-state index contributed by atoms with van der Waals surface area (Å²) in [5.74, 6) is 0.580. The van der Waals surface area contributed by atoms with Crippen LogP contribution in [0.1, 0.15) is 35.7 Å². The standard InChI is InChI=1S/C15H24N4OS/c1-3-18-6-8-19(9-7-18)15(20)17-13(12-4-5-12)14-16-10-11(2)21-14/h10,12-13H,3-9H2,1-2H3,(H,17,20). The Balaban J connectivity index is 1.60. The number of nitrogens with one attached hydrogen (secondary N) is 1. The molecular formula is C15H24N4OS. The van der Waals surface area contributed by atoms with E-state index in [1.54, 1.807) is 11.3 Å². The average molecular weight is 308 g/mol. The van der Waals surface area contributed by atoms with Crippen LogP contribution in [-0.4, -0.2) is 53.5 Å². The summed E-state index contributed by atoms with van der Waals surface area (Å²) in [6, 6.07) is 0.191. The molecule has 1 aliphatic heterocycles. The van der Waals surface area contributed by atoms with Crippen molar-refractivity contribution in [2.45, 2.75) is 32.7 Å². The molecule has 2 heterocycles. The highest BCUT2D eigenvalue weighted by Gasteiger charge is 2.36. The molecule has 116 valence electrons. The Morgan fingerprint density at radius 2 is 2.14 bits per heavy atom. The topological polar surface area (TPSA) is 48.5 Å². The average Bonchev–Trinajstić information content (AvgIpc) is 3.26. The number of hydrogen-bond acceptors (Lipinski definition) is 4. The Bertz CT molecular complexity index is 492. The van der Waals surface area contributed by atoms with Gasteiger partial charge in [0.05, 0.1) is 6.04 Å². The fourth-order valence-electron chi connectivity index (χ4n) is 2.82. The van der Waals surface area contributed by atoms with Gasteiger partial charge in [0.15, 0.2) is 0 Å². The summed E-state index contributed by atoms with van der Waals surface area (Å²) >= 11 is 1.70. The number of carbonyl (C=O) groups is 1. The highest BCUT2D eigenvalue weighted by atomic mass is 32.1. The summed E-state index contributed by atoms with van der Waals surface area (Å²) in [6.45, 7) is 8.92. The molecule has 2 fully saturated rings. The van der Waals surface area contributed by atoms with E-state index in [-0.39, 0.29) is 12.1 Å². The van der Waals surface area contributed by atoms with Crippen molar-refractivity contribution in [3.63, 3.8) is 0 Å². The second-order valence-corrected chi connectivity index (χ2v) is 7.26. The van der Waals surface area contributed by atoms with E-state index in [0.717, 1.165) is 37.7 Å². The molecule has 1 aromatic rings. The normalized spacial score (nSPS) is 21.3. The first-order valence-electron chi connectivity index (χ1n) is 7.87. The van der Waals surface area contributed by atoms with Gasteiger partial charge in [0.1, 0.15) is 5.01 Å². The van der Waals surface area contributed by atoms with Gasteiger partial charge in [0.2, 0.25) is 0 Å². The van der Waals surface area contributed by atoms with Gasteiger partial charge in [-0.25, -0.2) is 9.78 Å². The van der Waals surface area contributed by atoms with E-state index in [1.165, 1.54) is 17.7 Å². The molecule has 1 unspecified atom stereocenters. The quantitative estimate of drug-likeness (QED) is 0.928. The second-order valence-electron chi connectivity index (χ2n) is 6.00. The van der Waals surface area contributed by atoms with E-state index in [2.05, 4.69) is 29.0 Å². The van der Waals surface area contributed by atoms with Gasteiger partial charge in [-0.2, -0.15) is 0 Å². The molecule has 0 spiro atoms. The van der Waals surface area contributed by atoms with Crippen LogP contribution in [0.25, 0.3) is 0 Å². The maximum Gasteiger partial charge on any atom is 0.318 e. The highest BCUT2D eigenvalue weighted by molar-refractivity contribution is 7.11. The van der Waals surface area contributed by atoms with Crippen LogP contribution in [0.2, 0.25) is 0 Å². The van der Waals surface area contributed by atoms with E-state index in [1.807, 2.05) is 11.1 Å². The van der Waals surface area contributed by atoms with Gasteiger partial charge in [-0.1, -0.05) is 6.92 Å². The van der Waals surface area contributed by atoms with Crippen molar-refractivity contribution in [2.75, 3.05) is 32.7 Å². The van der Waals surface area contributed by atoms with E-state index < -0.39 is 0 Å². The molecule has 1 saturated heterocycles. The number of piperazine rings is 1. The van der Waals surface area contributed by atoms with Crippen LogP contribution in [0.5, 0.6) is 0 Å². The van der Waals surface area contributed by atoms with Crippen molar-refractivity contribution in [2.24, 2.45) is 5.92 Å². The molecule has 6 heteroatoms. The first-order valence-corrected chi connectivity index (χ1v) is 8.69. The van der Waals surface area contributed by atoms with Crippen LogP contribution in [-0.2, 0) is 0 Å². The number of aromatic nitrogens is 1. The number of hydrogen-bond donors (Lipinski definition) is 1. The summed E-state index contributed by atoms with van der Waals surface area (Å²) in [4.78, 5) is 22.5. The zero-order valence-electron chi connectivity index (χ0n) is 12.8. The lowest BCUT2D eigenvalue weighted by atomic mass is 10.2. The van der Waals surface area contributed by atoms with Crippen LogP contribution in [0.3, 0.4) is 0 Å². The number of nitrogens with zero attached hydrogens (tertiary/aromatic N) is 3. The molecule has 3 rings (SSSR count). The number of rotatable bonds is 4.